The molecule has 2 aromatic carbocycles. The summed E-state index contributed by atoms with van der Waals surface area (Å²) in [5.41, 5.74) is 0.838. The molecule has 100 valence electrons. The molecule has 5 heteroatoms. The standard InChI is InChI=1S/C14H11BrF3N/c1-8(11-6-9(16)2-4-13(11)17)19-10-3-5-14(18)12(15)7-10/h2-8,19H,1H3. The third-order valence-electron chi connectivity index (χ3n) is 2.73. The van der Waals surface area contributed by atoms with Gasteiger partial charge in [0.25, 0.3) is 0 Å². The molecule has 0 aliphatic heterocycles. The van der Waals surface area contributed by atoms with Crippen molar-refractivity contribution in [1.82, 2.24) is 0 Å². The highest BCUT2D eigenvalue weighted by atomic mass is 79.9. The van der Waals surface area contributed by atoms with Crippen molar-refractivity contribution in [2.24, 2.45) is 0 Å². The van der Waals surface area contributed by atoms with Crippen LogP contribution in [-0.2, 0) is 0 Å². The van der Waals surface area contributed by atoms with Gasteiger partial charge < -0.3 is 5.32 Å². The van der Waals surface area contributed by atoms with Crippen molar-refractivity contribution in [2.75, 3.05) is 5.32 Å². The Hall–Kier alpha value is -1.49. The Morgan fingerprint density at radius 1 is 1.00 bits per heavy atom. The predicted molar refractivity (Wildman–Crippen MR) is 72.5 cm³/mol. The Kier molecular flexibility index (Phi) is 4.14. The van der Waals surface area contributed by atoms with Crippen LogP contribution in [0.5, 0.6) is 0 Å². The van der Waals surface area contributed by atoms with E-state index in [4.69, 9.17) is 0 Å². The van der Waals surface area contributed by atoms with Gasteiger partial charge in [-0.05, 0) is 59.3 Å². The van der Waals surface area contributed by atoms with Crippen LogP contribution in [-0.4, -0.2) is 0 Å². The van der Waals surface area contributed by atoms with E-state index >= 15 is 0 Å². The van der Waals surface area contributed by atoms with Crippen molar-refractivity contribution in [2.45, 2.75) is 13.0 Å². The van der Waals surface area contributed by atoms with Crippen molar-refractivity contribution < 1.29 is 13.2 Å². The first kappa shape index (κ1) is 13.9. The van der Waals surface area contributed by atoms with E-state index in [1.54, 1.807) is 13.0 Å². The monoisotopic (exact) mass is 329 g/mol. The van der Waals surface area contributed by atoms with Gasteiger partial charge in [0.15, 0.2) is 0 Å². The number of hydrogen-bond donors (Lipinski definition) is 1. The molecule has 1 nitrogen and oxygen atoms in total. The maximum Gasteiger partial charge on any atom is 0.137 e. The minimum atomic E-state index is -0.495. The van der Waals surface area contributed by atoms with E-state index in [9.17, 15) is 13.2 Å². The SMILES string of the molecule is CC(Nc1ccc(F)c(Br)c1)c1cc(F)ccc1F. The summed E-state index contributed by atoms with van der Waals surface area (Å²) in [4.78, 5) is 0. The average molecular weight is 330 g/mol. The summed E-state index contributed by atoms with van der Waals surface area (Å²) in [5, 5.41) is 2.99. The van der Waals surface area contributed by atoms with Gasteiger partial charge in [-0.2, -0.15) is 0 Å². The van der Waals surface area contributed by atoms with E-state index in [0.29, 0.717) is 10.2 Å². The summed E-state index contributed by atoms with van der Waals surface area (Å²) in [6, 6.07) is 7.24. The third-order valence-corrected chi connectivity index (χ3v) is 3.34. The van der Waals surface area contributed by atoms with Gasteiger partial charge in [-0.3, -0.25) is 0 Å². The molecule has 0 fully saturated rings. The molecule has 0 spiro atoms. The van der Waals surface area contributed by atoms with E-state index < -0.39 is 17.7 Å². The lowest BCUT2D eigenvalue weighted by atomic mass is 10.1. The van der Waals surface area contributed by atoms with Gasteiger partial charge in [0.2, 0.25) is 0 Å². The first-order valence-electron chi connectivity index (χ1n) is 5.64. The lowest BCUT2D eigenvalue weighted by Crippen LogP contribution is -2.09. The zero-order chi connectivity index (χ0) is 14.0. The molecule has 0 bridgehead atoms. The van der Waals surface area contributed by atoms with Crippen molar-refractivity contribution in [3.8, 4) is 0 Å². The lowest BCUT2D eigenvalue weighted by Gasteiger charge is -2.16. The van der Waals surface area contributed by atoms with Crippen LogP contribution in [0.1, 0.15) is 18.5 Å². The molecular formula is C14H11BrF3N. The van der Waals surface area contributed by atoms with Gasteiger partial charge in [0.05, 0.1) is 10.5 Å². The normalized spacial score (nSPS) is 12.3. The smallest absolute Gasteiger partial charge is 0.137 e. The van der Waals surface area contributed by atoms with Crippen molar-refractivity contribution in [1.29, 1.82) is 0 Å². The fraction of sp³-hybridized carbons (Fsp3) is 0.143. The predicted octanol–water partition coefficient (Wildman–Crippen LogP) is 5.04. The molecule has 1 atom stereocenters. The van der Waals surface area contributed by atoms with Gasteiger partial charge >= 0.3 is 0 Å². The highest BCUT2D eigenvalue weighted by molar-refractivity contribution is 9.10. The van der Waals surface area contributed by atoms with Crippen LogP contribution in [0.2, 0.25) is 0 Å². The minimum Gasteiger partial charge on any atom is -0.378 e. The Labute approximate surface area is 117 Å². The molecule has 2 rings (SSSR count). The number of halogens is 4. The van der Waals surface area contributed by atoms with Gasteiger partial charge in [0.1, 0.15) is 17.5 Å². The molecular weight excluding hydrogens is 319 g/mol. The van der Waals surface area contributed by atoms with Crippen molar-refractivity contribution in [3.63, 3.8) is 0 Å². The van der Waals surface area contributed by atoms with Gasteiger partial charge in [-0.15, -0.1) is 0 Å². The summed E-state index contributed by atoms with van der Waals surface area (Å²) >= 11 is 3.07. The maximum absolute atomic E-state index is 13.6. The third kappa shape index (κ3) is 3.29. The summed E-state index contributed by atoms with van der Waals surface area (Å²) in [6.07, 6.45) is 0. The fourth-order valence-corrected chi connectivity index (χ4v) is 2.14. The lowest BCUT2D eigenvalue weighted by molar-refractivity contribution is 0.577. The molecule has 0 saturated carbocycles. The first-order valence-corrected chi connectivity index (χ1v) is 6.43. The molecule has 0 radical (unpaired) electrons. The number of anilines is 1. The van der Waals surface area contributed by atoms with Crippen LogP contribution < -0.4 is 5.32 Å². The molecule has 2 aromatic rings. The summed E-state index contributed by atoms with van der Waals surface area (Å²) in [7, 11) is 0. The molecule has 0 heterocycles. The largest absolute Gasteiger partial charge is 0.378 e. The molecule has 1 N–H and O–H groups in total. The van der Waals surface area contributed by atoms with Crippen LogP contribution in [0.3, 0.4) is 0 Å². The molecule has 1 unspecified atom stereocenters. The Bertz CT molecular complexity index is 601. The maximum atomic E-state index is 13.6. The van der Waals surface area contributed by atoms with Gasteiger partial charge in [-0.1, -0.05) is 0 Å². The number of benzene rings is 2. The molecule has 0 aliphatic carbocycles. The fourth-order valence-electron chi connectivity index (χ4n) is 1.76. The van der Waals surface area contributed by atoms with Crippen LogP contribution in [0.15, 0.2) is 40.9 Å². The zero-order valence-corrected chi connectivity index (χ0v) is 11.6. The highest BCUT2D eigenvalue weighted by Crippen LogP contribution is 2.25. The second-order valence-corrected chi connectivity index (χ2v) is 5.02. The minimum absolute atomic E-state index is 0.223. The van der Waals surface area contributed by atoms with Crippen molar-refractivity contribution in [3.05, 3.63) is 63.9 Å². The topological polar surface area (TPSA) is 12.0 Å². The number of hydrogen-bond acceptors (Lipinski definition) is 1. The Balaban J connectivity index is 2.22. The van der Waals surface area contributed by atoms with E-state index in [1.165, 1.54) is 12.1 Å². The van der Waals surface area contributed by atoms with Crippen LogP contribution in [0.4, 0.5) is 18.9 Å². The van der Waals surface area contributed by atoms with Gasteiger partial charge in [-0.25, -0.2) is 13.2 Å². The van der Waals surface area contributed by atoms with Crippen LogP contribution in [0.25, 0.3) is 0 Å². The highest BCUT2D eigenvalue weighted by Gasteiger charge is 2.12. The van der Waals surface area contributed by atoms with Crippen LogP contribution in [0, 0.1) is 17.5 Å². The van der Waals surface area contributed by atoms with Gasteiger partial charge in [0, 0.05) is 11.3 Å². The second kappa shape index (κ2) is 5.65. The van der Waals surface area contributed by atoms with Crippen LogP contribution >= 0.6 is 15.9 Å². The van der Waals surface area contributed by atoms with E-state index in [-0.39, 0.29) is 11.4 Å². The molecule has 0 amide bonds. The van der Waals surface area contributed by atoms with E-state index in [2.05, 4.69) is 21.2 Å². The molecule has 0 saturated heterocycles. The molecule has 19 heavy (non-hydrogen) atoms. The zero-order valence-electron chi connectivity index (χ0n) is 10.1. The summed E-state index contributed by atoms with van der Waals surface area (Å²) in [6.45, 7) is 1.70. The quantitative estimate of drug-likeness (QED) is 0.831. The van der Waals surface area contributed by atoms with E-state index in [1.807, 2.05) is 0 Å². The molecule has 0 aliphatic rings. The molecule has 0 aromatic heterocycles. The summed E-state index contributed by atoms with van der Waals surface area (Å²) < 4.78 is 40.1. The number of rotatable bonds is 3. The first-order chi connectivity index (χ1) is 8.97. The summed E-state index contributed by atoms with van der Waals surface area (Å²) in [5.74, 6) is -1.36. The Morgan fingerprint density at radius 3 is 2.37 bits per heavy atom. The number of nitrogens with one attached hydrogen (secondary N) is 1. The Morgan fingerprint density at radius 2 is 1.68 bits per heavy atom. The second-order valence-electron chi connectivity index (χ2n) is 4.16. The van der Waals surface area contributed by atoms with Crippen molar-refractivity contribution >= 4 is 21.6 Å². The van der Waals surface area contributed by atoms with E-state index in [0.717, 1.165) is 18.2 Å². The average Bonchev–Trinajstić information content (AvgIpc) is 2.36.